The van der Waals surface area contributed by atoms with E-state index in [0.29, 0.717) is 5.92 Å². The van der Waals surface area contributed by atoms with Crippen LogP contribution in [-0.2, 0) is 0 Å². The van der Waals surface area contributed by atoms with Crippen LogP contribution in [0.3, 0.4) is 0 Å². The van der Waals surface area contributed by atoms with Gasteiger partial charge in [0.1, 0.15) is 5.82 Å². The first kappa shape index (κ1) is 13.8. The van der Waals surface area contributed by atoms with Crippen molar-refractivity contribution in [3.05, 3.63) is 29.6 Å². The van der Waals surface area contributed by atoms with E-state index >= 15 is 0 Å². The lowest BCUT2D eigenvalue weighted by Gasteiger charge is -2.36. The van der Waals surface area contributed by atoms with Crippen molar-refractivity contribution in [2.24, 2.45) is 5.92 Å². The Hall–Kier alpha value is -1.62. The van der Waals surface area contributed by atoms with Gasteiger partial charge in [-0.1, -0.05) is 13.0 Å². The second-order valence-electron chi connectivity index (χ2n) is 5.25. The van der Waals surface area contributed by atoms with Crippen LogP contribution < -0.4 is 5.32 Å². The molecular weight excluding hydrogens is 247 g/mol. The summed E-state index contributed by atoms with van der Waals surface area (Å²) in [5.41, 5.74) is 0.0996. The van der Waals surface area contributed by atoms with Crippen LogP contribution in [-0.4, -0.2) is 42.2 Å². The molecule has 0 saturated carbocycles. The Bertz CT molecular complexity index is 479. The molecule has 1 aromatic rings. The zero-order valence-electron chi connectivity index (χ0n) is 11.2. The van der Waals surface area contributed by atoms with Crippen LogP contribution in [0.1, 0.15) is 23.7 Å². The van der Waals surface area contributed by atoms with Gasteiger partial charge >= 0.3 is 5.97 Å². The van der Waals surface area contributed by atoms with Gasteiger partial charge in [0.05, 0.1) is 11.3 Å². The highest BCUT2D eigenvalue weighted by Gasteiger charge is 2.26. The van der Waals surface area contributed by atoms with Gasteiger partial charge in [-0.25, -0.2) is 9.18 Å². The summed E-state index contributed by atoms with van der Waals surface area (Å²) in [5.74, 6) is -1.27. The Morgan fingerprint density at radius 3 is 2.89 bits per heavy atom. The Morgan fingerprint density at radius 2 is 2.26 bits per heavy atom. The quantitative estimate of drug-likeness (QED) is 0.881. The molecule has 1 saturated heterocycles. The fourth-order valence-electron chi connectivity index (χ4n) is 2.60. The Balaban J connectivity index is 2.21. The van der Waals surface area contributed by atoms with E-state index in [1.165, 1.54) is 18.2 Å². The molecule has 1 aliphatic heterocycles. The van der Waals surface area contributed by atoms with Gasteiger partial charge in [-0.15, -0.1) is 0 Å². The third-order valence-electron chi connectivity index (χ3n) is 3.68. The van der Waals surface area contributed by atoms with E-state index in [1.54, 1.807) is 0 Å². The monoisotopic (exact) mass is 266 g/mol. The van der Waals surface area contributed by atoms with Crippen molar-refractivity contribution in [1.29, 1.82) is 0 Å². The average Bonchev–Trinajstić information content (AvgIpc) is 2.34. The molecule has 0 spiro atoms. The van der Waals surface area contributed by atoms with Crippen molar-refractivity contribution in [2.45, 2.75) is 19.4 Å². The van der Waals surface area contributed by atoms with Crippen molar-refractivity contribution >= 4 is 11.7 Å². The highest BCUT2D eigenvalue weighted by Crippen LogP contribution is 2.25. The predicted octanol–water partition coefficient (Wildman–Crippen LogP) is 2.28. The third kappa shape index (κ3) is 3.04. The maximum absolute atomic E-state index is 13.8. The Kier molecular flexibility index (Phi) is 4.04. The molecule has 2 atom stereocenters. The molecule has 0 bridgehead atoms. The van der Waals surface area contributed by atoms with Crippen LogP contribution in [0.15, 0.2) is 18.2 Å². The molecule has 19 heavy (non-hydrogen) atoms. The van der Waals surface area contributed by atoms with Gasteiger partial charge in [0, 0.05) is 12.6 Å². The van der Waals surface area contributed by atoms with Gasteiger partial charge < -0.3 is 15.3 Å². The number of hydrogen-bond acceptors (Lipinski definition) is 3. The number of benzene rings is 1. The van der Waals surface area contributed by atoms with Crippen LogP contribution in [0.25, 0.3) is 0 Å². The minimum atomic E-state index is -1.11. The molecule has 5 heteroatoms. The summed E-state index contributed by atoms with van der Waals surface area (Å²) in [6.07, 6.45) is 0.880. The molecule has 0 amide bonds. The Morgan fingerprint density at radius 1 is 1.53 bits per heavy atom. The summed E-state index contributed by atoms with van der Waals surface area (Å²) in [7, 11) is 2.05. The van der Waals surface area contributed by atoms with E-state index in [0.717, 1.165) is 19.5 Å². The first-order valence-electron chi connectivity index (χ1n) is 6.46. The van der Waals surface area contributed by atoms with Crippen molar-refractivity contribution < 1.29 is 14.3 Å². The summed E-state index contributed by atoms with van der Waals surface area (Å²) in [4.78, 5) is 13.4. The van der Waals surface area contributed by atoms with E-state index in [-0.39, 0.29) is 17.3 Å². The zero-order chi connectivity index (χ0) is 14.0. The first-order chi connectivity index (χ1) is 8.99. The molecule has 104 valence electrons. The molecular formula is C14H19FN2O2. The topological polar surface area (TPSA) is 52.6 Å². The number of halogens is 1. The molecule has 1 heterocycles. The van der Waals surface area contributed by atoms with Gasteiger partial charge in [-0.2, -0.15) is 0 Å². The number of nitrogens with one attached hydrogen (secondary N) is 1. The third-order valence-corrected chi connectivity index (χ3v) is 3.68. The number of piperidine rings is 1. The lowest BCUT2D eigenvalue weighted by atomic mass is 9.93. The highest BCUT2D eigenvalue weighted by molar-refractivity contribution is 5.94. The minimum Gasteiger partial charge on any atom is -0.478 e. The molecule has 2 rings (SSSR count). The van der Waals surface area contributed by atoms with Gasteiger partial charge in [-0.05, 0) is 38.1 Å². The van der Waals surface area contributed by atoms with Crippen LogP contribution >= 0.6 is 0 Å². The lowest BCUT2D eigenvalue weighted by molar-refractivity contribution is 0.0697. The summed E-state index contributed by atoms with van der Waals surface area (Å²) in [5, 5.41) is 12.2. The summed E-state index contributed by atoms with van der Waals surface area (Å²) < 4.78 is 13.8. The van der Waals surface area contributed by atoms with Crippen LogP contribution in [0.4, 0.5) is 10.1 Å². The smallest absolute Gasteiger partial charge is 0.337 e. The second kappa shape index (κ2) is 5.57. The molecule has 2 unspecified atom stereocenters. The van der Waals surface area contributed by atoms with Crippen molar-refractivity contribution in [3.8, 4) is 0 Å². The van der Waals surface area contributed by atoms with Crippen molar-refractivity contribution in [3.63, 3.8) is 0 Å². The van der Waals surface area contributed by atoms with Crippen LogP contribution in [0.2, 0.25) is 0 Å². The normalized spacial score (nSPS) is 24.2. The van der Waals surface area contributed by atoms with Gasteiger partial charge in [-0.3, -0.25) is 0 Å². The van der Waals surface area contributed by atoms with Gasteiger partial charge in [0.25, 0.3) is 0 Å². The standard InChI is InChI=1S/C14H19FN2O2/c1-9-8-17(2)7-6-12(9)16-13-10(14(18)19)4-3-5-11(13)15/h3-5,9,12,16H,6-8H2,1-2H3,(H,18,19). The second-order valence-corrected chi connectivity index (χ2v) is 5.25. The number of anilines is 1. The number of aromatic carboxylic acids is 1. The summed E-state index contributed by atoms with van der Waals surface area (Å²) in [6.45, 7) is 3.95. The number of carboxylic acids is 1. The van der Waals surface area contributed by atoms with Crippen molar-refractivity contribution in [1.82, 2.24) is 4.90 Å². The fraction of sp³-hybridized carbons (Fsp3) is 0.500. The molecule has 0 aromatic heterocycles. The van der Waals surface area contributed by atoms with Crippen LogP contribution in [0.5, 0.6) is 0 Å². The number of carboxylic acid groups (broad SMARTS) is 1. The van der Waals surface area contributed by atoms with Gasteiger partial charge in [0.2, 0.25) is 0 Å². The molecule has 0 radical (unpaired) electrons. The molecule has 1 fully saturated rings. The molecule has 1 aromatic carbocycles. The predicted molar refractivity (Wildman–Crippen MR) is 72.0 cm³/mol. The zero-order valence-corrected chi connectivity index (χ0v) is 11.2. The number of nitrogens with zero attached hydrogens (tertiary/aromatic N) is 1. The lowest BCUT2D eigenvalue weighted by Crippen LogP contribution is -2.43. The fourth-order valence-corrected chi connectivity index (χ4v) is 2.60. The van der Waals surface area contributed by atoms with Gasteiger partial charge in [0.15, 0.2) is 0 Å². The molecule has 4 nitrogen and oxygen atoms in total. The number of hydrogen-bond donors (Lipinski definition) is 2. The van der Waals surface area contributed by atoms with E-state index in [9.17, 15) is 9.18 Å². The number of likely N-dealkylation sites (tertiary alicyclic amines) is 1. The first-order valence-corrected chi connectivity index (χ1v) is 6.46. The van der Waals surface area contributed by atoms with E-state index in [4.69, 9.17) is 5.11 Å². The average molecular weight is 266 g/mol. The molecule has 2 N–H and O–H groups in total. The summed E-state index contributed by atoms with van der Waals surface area (Å²) >= 11 is 0. The maximum Gasteiger partial charge on any atom is 0.337 e. The van der Waals surface area contributed by atoms with Crippen molar-refractivity contribution in [2.75, 3.05) is 25.5 Å². The largest absolute Gasteiger partial charge is 0.478 e. The SMILES string of the molecule is CC1CN(C)CCC1Nc1c(F)cccc1C(=O)O. The minimum absolute atomic E-state index is 0.00821. The van der Waals surface area contributed by atoms with E-state index in [2.05, 4.69) is 24.2 Å². The number of rotatable bonds is 3. The number of carbonyl (C=O) groups is 1. The van der Waals surface area contributed by atoms with E-state index < -0.39 is 11.8 Å². The molecule has 1 aliphatic rings. The van der Waals surface area contributed by atoms with Crippen LogP contribution in [0, 0.1) is 11.7 Å². The molecule has 0 aliphatic carbocycles. The maximum atomic E-state index is 13.8. The summed E-state index contributed by atoms with van der Waals surface area (Å²) in [6, 6.07) is 4.23. The van der Waals surface area contributed by atoms with E-state index in [1.807, 2.05) is 0 Å². The highest BCUT2D eigenvalue weighted by atomic mass is 19.1. The Labute approximate surface area is 112 Å². The number of para-hydroxylation sites is 1.